The zero-order chi connectivity index (χ0) is 21.6. The van der Waals surface area contributed by atoms with E-state index in [0.29, 0.717) is 41.5 Å². The third-order valence-electron chi connectivity index (χ3n) is 5.08. The number of carbonyl (C=O) groups is 2. The Morgan fingerprint density at radius 1 is 0.839 bits per heavy atom. The van der Waals surface area contributed by atoms with Crippen LogP contribution >= 0.6 is 0 Å². The number of ether oxygens (including phenoxy) is 2. The molecule has 0 saturated heterocycles. The van der Waals surface area contributed by atoms with E-state index in [1.165, 1.54) is 0 Å². The van der Waals surface area contributed by atoms with Crippen molar-refractivity contribution in [3.8, 4) is 11.5 Å². The van der Waals surface area contributed by atoms with Gasteiger partial charge in [0.05, 0.1) is 30.5 Å². The highest BCUT2D eigenvalue weighted by molar-refractivity contribution is 6.09. The van der Waals surface area contributed by atoms with Crippen LogP contribution in [-0.4, -0.2) is 25.0 Å². The first-order valence-corrected chi connectivity index (χ1v) is 10.3. The molecule has 2 N–H and O–H groups in total. The van der Waals surface area contributed by atoms with Gasteiger partial charge in [0.15, 0.2) is 11.5 Å². The molecule has 31 heavy (non-hydrogen) atoms. The quantitative estimate of drug-likeness (QED) is 0.638. The molecule has 1 heterocycles. The molecule has 2 amide bonds. The number of hydrogen-bond donors (Lipinski definition) is 2. The zero-order valence-corrected chi connectivity index (χ0v) is 17.3. The van der Waals surface area contributed by atoms with Crippen LogP contribution in [0.5, 0.6) is 11.5 Å². The molecule has 1 atom stereocenters. The van der Waals surface area contributed by atoms with E-state index in [0.717, 1.165) is 12.0 Å². The van der Waals surface area contributed by atoms with Crippen molar-refractivity contribution in [1.29, 1.82) is 0 Å². The largest absolute Gasteiger partial charge is 0.490 e. The van der Waals surface area contributed by atoms with Crippen LogP contribution in [0.4, 0.5) is 5.69 Å². The molecule has 1 aliphatic rings. The highest BCUT2D eigenvalue weighted by atomic mass is 16.5. The molecule has 1 aliphatic heterocycles. The number of benzene rings is 3. The number of fused-ring (bicyclic) bond motifs is 1. The molecular weight excluding hydrogens is 392 g/mol. The van der Waals surface area contributed by atoms with Crippen LogP contribution in [0, 0.1) is 0 Å². The number of anilines is 1. The van der Waals surface area contributed by atoms with Gasteiger partial charge in [-0.05, 0) is 42.8 Å². The molecule has 0 aliphatic carbocycles. The highest BCUT2D eigenvalue weighted by Gasteiger charge is 2.18. The number of hydrogen-bond acceptors (Lipinski definition) is 4. The van der Waals surface area contributed by atoms with Gasteiger partial charge in [-0.1, -0.05) is 42.5 Å². The average molecular weight is 416 g/mol. The van der Waals surface area contributed by atoms with Crippen molar-refractivity contribution in [3.05, 3.63) is 89.5 Å². The molecule has 0 spiro atoms. The molecule has 6 heteroatoms. The smallest absolute Gasteiger partial charge is 0.255 e. The predicted molar refractivity (Wildman–Crippen MR) is 119 cm³/mol. The number of amides is 2. The van der Waals surface area contributed by atoms with E-state index in [2.05, 4.69) is 10.6 Å². The summed E-state index contributed by atoms with van der Waals surface area (Å²) in [6.07, 6.45) is 0.792. The molecule has 0 saturated carbocycles. The lowest BCUT2D eigenvalue weighted by Crippen LogP contribution is -2.28. The van der Waals surface area contributed by atoms with Crippen molar-refractivity contribution in [1.82, 2.24) is 5.32 Å². The third kappa shape index (κ3) is 4.86. The van der Waals surface area contributed by atoms with Gasteiger partial charge in [-0.3, -0.25) is 9.59 Å². The van der Waals surface area contributed by atoms with Gasteiger partial charge >= 0.3 is 0 Å². The molecule has 0 fully saturated rings. The number of nitrogens with one attached hydrogen (secondary N) is 2. The standard InChI is InChI=1S/C25H24N2O4/c1-17(18-8-3-2-4-9-18)26-25(29)20-10-5-6-11-21(20)27-24(28)19-12-13-22-23(16-19)31-15-7-14-30-22/h2-6,8-13,16-17H,7,14-15H2,1H3,(H,26,29)(H,27,28). The summed E-state index contributed by atoms with van der Waals surface area (Å²) in [6, 6.07) is 21.6. The van der Waals surface area contributed by atoms with Crippen LogP contribution in [0.25, 0.3) is 0 Å². The fourth-order valence-electron chi connectivity index (χ4n) is 3.39. The van der Waals surface area contributed by atoms with E-state index in [4.69, 9.17) is 9.47 Å². The lowest BCUT2D eigenvalue weighted by Gasteiger charge is -2.16. The maximum absolute atomic E-state index is 12.9. The monoisotopic (exact) mass is 416 g/mol. The van der Waals surface area contributed by atoms with Gasteiger partial charge in [-0.2, -0.15) is 0 Å². The molecule has 6 nitrogen and oxygen atoms in total. The van der Waals surface area contributed by atoms with Gasteiger partial charge in [0.25, 0.3) is 11.8 Å². The molecule has 3 aromatic carbocycles. The minimum Gasteiger partial charge on any atom is -0.490 e. The molecule has 3 aromatic rings. The van der Waals surface area contributed by atoms with Gasteiger partial charge < -0.3 is 20.1 Å². The van der Waals surface area contributed by atoms with Crippen molar-refractivity contribution in [2.75, 3.05) is 18.5 Å². The first kappa shape index (κ1) is 20.5. The topological polar surface area (TPSA) is 76.7 Å². The first-order chi connectivity index (χ1) is 15.1. The van der Waals surface area contributed by atoms with Gasteiger partial charge in [-0.15, -0.1) is 0 Å². The molecule has 158 valence electrons. The molecule has 1 unspecified atom stereocenters. The normalized spacial score (nSPS) is 13.6. The summed E-state index contributed by atoms with van der Waals surface area (Å²) in [6.45, 7) is 3.05. The van der Waals surface area contributed by atoms with Crippen LogP contribution in [0.3, 0.4) is 0 Å². The van der Waals surface area contributed by atoms with Crippen LogP contribution in [0.2, 0.25) is 0 Å². The number of rotatable bonds is 5. The van der Waals surface area contributed by atoms with E-state index >= 15 is 0 Å². The summed E-state index contributed by atoms with van der Waals surface area (Å²) in [5, 5.41) is 5.83. The first-order valence-electron chi connectivity index (χ1n) is 10.3. The molecule has 0 bridgehead atoms. The average Bonchev–Trinajstić information content (AvgIpc) is 3.05. The third-order valence-corrected chi connectivity index (χ3v) is 5.08. The Bertz CT molecular complexity index is 1080. The fraction of sp³-hybridized carbons (Fsp3) is 0.200. The van der Waals surface area contributed by atoms with Gasteiger partial charge in [0.1, 0.15) is 0 Å². The van der Waals surface area contributed by atoms with Crippen molar-refractivity contribution in [2.45, 2.75) is 19.4 Å². The highest BCUT2D eigenvalue weighted by Crippen LogP contribution is 2.31. The van der Waals surface area contributed by atoms with Gasteiger partial charge in [-0.25, -0.2) is 0 Å². The van der Waals surface area contributed by atoms with Gasteiger partial charge in [0.2, 0.25) is 0 Å². The van der Waals surface area contributed by atoms with Crippen molar-refractivity contribution < 1.29 is 19.1 Å². The second-order valence-electron chi connectivity index (χ2n) is 7.32. The minimum atomic E-state index is -0.327. The Hall–Kier alpha value is -3.80. The second kappa shape index (κ2) is 9.34. The van der Waals surface area contributed by atoms with Crippen LogP contribution in [0.1, 0.15) is 45.7 Å². The van der Waals surface area contributed by atoms with E-state index in [1.807, 2.05) is 37.3 Å². The lowest BCUT2D eigenvalue weighted by molar-refractivity contribution is 0.0940. The summed E-state index contributed by atoms with van der Waals surface area (Å²) < 4.78 is 11.3. The van der Waals surface area contributed by atoms with Crippen LogP contribution in [0.15, 0.2) is 72.8 Å². The summed E-state index contributed by atoms with van der Waals surface area (Å²) >= 11 is 0. The van der Waals surface area contributed by atoms with Gasteiger partial charge in [0, 0.05) is 12.0 Å². The van der Waals surface area contributed by atoms with Crippen molar-refractivity contribution in [3.63, 3.8) is 0 Å². The van der Waals surface area contributed by atoms with Crippen LogP contribution < -0.4 is 20.1 Å². The lowest BCUT2D eigenvalue weighted by atomic mass is 10.1. The summed E-state index contributed by atoms with van der Waals surface area (Å²) in [4.78, 5) is 25.8. The van der Waals surface area contributed by atoms with E-state index in [-0.39, 0.29) is 17.9 Å². The summed E-state index contributed by atoms with van der Waals surface area (Å²) in [5.74, 6) is 0.592. The Morgan fingerprint density at radius 3 is 2.35 bits per heavy atom. The Morgan fingerprint density at radius 2 is 1.55 bits per heavy atom. The van der Waals surface area contributed by atoms with E-state index < -0.39 is 0 Å². The molecule has 4 rings (SSSR count). The maximum Gasteiger partial charge on any atom is 0.255 e. The Balaban J connectivity index is 1.50. The Kier molecular flexibility index (Phi) is 6.17. The van der Waals surface area contributed by atoms with E-state index in [1.54, 1.807) is 42.5 Å². The minimum absolute atomic E-state index is 0.167. The molecule has 0 radical (unpaired) electrons. The SMILES string of the molecule is CC(NC(=O)c1ccccc1NC(=O)c1ccc2c(c1)OCCCO2)c1ccccc1. The Labute approximate surface area is 181 Å². The van der Waals surface area contributed by atoms with Crippen molar-refractivity contribution in [2.24, 2.45) is 0 Å². The summed E-state index contributed by atoms with van der Waals surface area (Å²) in [7, 11) is 0. The number of carbonyl (C=O) groups excluding carboxylic acids is 2. The fourth-order valence-corrected chi connectivity index (χ4v) is 3.39. The second-order valence-corrected chi connectivity index (χ2v) is 7.32. The zero-order valence-electron chi connectivity index (χ0n) is 17.3. The molecule has 0 aromatic heterocycles. The maximum atomic E-state index is 12.9. The van der Waals surface area contributed by atoms with E-state index in [9.17, 15) is 9.59 Å². The van der Waals surface area contributed by atoms with Crippen molar-refractivity contribution >= 4 is 17.5 Å². The number of para-hydroxylation sites is 1. The van der Waals surface area contributed by atoms with Crippen LogP contribution in [-0.2, 0) is 0 Å². The summed E-state index contributed by atoms with van der Waals surface area (Å²) in [5.41, 5.74) is 2.27. The predicted octanol–water partition coefficient (Wildman–Crippen LogP) is 4.59. The molecular formula is C25H24N2O4.